The second-order valence-electron chi connectivity index (χ2n) is 9.73. The van der Waals surface area contributed by atoms with Gasteiger partial charge in [0.05, 0.1) is 10.6 Å². The molecule has 0 saturated carbocycles. The predicted molar refractivity (Wildman–Crippen MR) is 159 cm³/mol. The SMILES string of the molecule is CCCNC(=O)C(C)N(Cc1cccc(Br)c1)C(=O)CN(c1ccc(C)cc1C)S(=O)(=O)c1ccc(C)cc1. The molecule has 0 aliphatic heterocycles. The van der Waals surface area contributed by atoms with Crippen molar-refractivity contribution >= 4 is 43.5 Å². The molecule has 0 spiro atoms. The Labute approximate surface area is 240 Å². The summed E-state index contributed by atoms with van der Waals surface area (Å²) in [7, 11) is -4.10. The van der Waals surface area contributed by atoms with Crippen molar-refractivity contribution in [3.8, 4) is 0 Å². The number of nitrogens with zero attached hydrogens (tertiary/aromatic N) is 2. The van der Waals surface area contributed by atoms with Gasteiger partial charge in [0.2, 0.25) is 11.8 Å². The molecular weight excluding hydrogens is 578 g/mol. The van der Waals surface area contributed by atoms with Gasteiger partial charge in [-0.2, -0.15) is 0 Å². The molecule has 39 heavy (non-hydrogen) atoms. The summed E-state index contributed by atoms with van der Waals surface area (Å²) in [5, 5.41) is 2.85. The Hall–Kier alpha value is -3.17. The summed E-state index contributed by atoms with van der Waals surface area (Å²) in [5.41, 5.74) is 3.86. The predicted octanol–water partition coefficient (Wildman–Crippen LogP) is 5.51. The average Bonchev–Trinajstić information content (AvgIpc) is 2.89. The number of carbonyl (C=O) groups excluding carboxylic acids is 2. The Bertz CT molecular complexity index is 1420. The van der Waals surface area contributed by atoms with Gasteiger partial charge in [0.25, 0.3) is 10.0 Å². The number of sulfonamides is 1. The molecule has 0 radical (unpaired) electrons. The molecule has 2 amide bonds. The van der Waals surface area contributed by atoms with Gasteiger partial charge in [0.15, 0.2) is 0 Å². The van der Waals surface area contributed by atoms with Gasteiger partial charge in [0.1, 0.15) is 12.6 Å². The van der Waals surface area contributed by atoms with Crippen LogP contribution in [0.25, 0.3) is 0 Å². The molecule has 1 unspecified atom stereocenters. The molecule has 0 bridgehead atoms. The molecule has 0 aliphatic carbocycles. The van der Waals surface area contributed by atoms with Gasteiger partial charge in [-0.25, -0.2) is 8.42 Å². The zero-order chi connectivity index (χ0) is 28.7. The van der Waals surface area contributed by atoms with Gasteiger partial charge < -0.3 is 10.2 Å². The Morgan fingerprint density at radius 1 is 0.949 bits per heavy atom. The van der Waals surface area contributed by atoms with Crippen LogP contribution in [-0.4, -0.2) is 44.3 Å². The van der Waals surface area contributed by atoms with Crippen LogP contribution in [-0.2, 0) is 26.2 Å². The van der Waals surface area contributed by atoms with E-state index in [1.54, 1.807) is 37.3 Å². The van der Waals surface area contributed by atoms with Crippen molar-refractivity contribution in [2.75, 3.05) is 17.4 Å². The summed E-state index contributed by atoms with van der Waals surface area (Å²) < 4.78 is 29.9. The Morgan fingerprint density at radius 3 is 2.23 bits per heavy atom. The third-order valence-corrected chi connectivity index (χ3v) is 8.73. The third-order valence-electron chi connectivity index (χ3n) is 6.47. The van der Waals surface area contributed by atoms with Gasteiger partial charge in [-0.3, -0.25) is 13.9 Å². The van der Waals surface area contributed by atoms with Crippen molar-refractivity contribution in [2.45, 2.75) is 58.5 Å². The minimum absolute atomic E-state index is 0.0909. The number of hydrogen-bond donors (Lipinski definition) is 1. The number of amides is 2. The van der Waals surface area contributed by atoms with Crippen molar-refractivity contribution in [1.82, 2.24) is 10.2 Å². The Balaban J connectivity index is 2.05. The number of aryl methyl sites for hydroxylation is 3. The smallest absolute Gasteiger partial charge is 0.264 e. The van der Waals surface area contributed by atoms with E-state index in [4.69, 9.17) is 0 Å². The first-order valence-corrected chi connectivity index (χ1v) is 15.2. The first-order chi connectivity index (χ1) is 18.4. The number of carbonyl (C=O) groups is 2. The Morgan fingerprint density at radius 2 is 1.62 bits per heavy atom. The van der Waals surface area contributed by atoms with E-state index in [9.17, 15) is 18.0 Å². The lowest BCUT2D eigenvalue weighted by atomic mass is 10.1. The quantitative estimate of drug-likeness (QED) is 0.309. The monoisotopic (exact) mass is 613 g/mol. The average molecular weight is 615 g/mol. The van der Waals surface area contributed by atoms with Crippen molar-refractivity contribution in [1.29, 1.82) is 0 Å². The van der Waals surface area contributed by atoms with Gasteiger partial charge in [-0.15, -0.1) is 0 Å². The maximum Gasteiger partial charge on any atom is 0.264 e. The lowest BCUT2D eigenvalue weighted by molar-refractivity contribution is -0.139. The first-order valence-electron chi connectivity index (χ1n) is 12.9. The number of hydrogen-bond acceptors (Lipinski definition) is 4. The molecule has 1 atom stereocenters. The summed E-state index contributed by atoms with van der Waals surface area (Å²) in [6.07, 6.45) is 0.757. The fraction of sp³-hybridized carbons (Fsp3) is 0.333. The van der Waals surface area contributed by atoms with Gasteiger partial charge in [0, 0.05) is 17.6 Å². The maximum absolute atomic E-state index is 14.0. The van der Waals surface area contributed by atoms with E-state index in [2.05, 4.69) is 21.2 Å². The van der Waals surface area contributed by atoms with Crippen molar-refractivity contribution in [2.24, 2.45) is 0 Å². The third kappa shape index (κ3) is 7.70. The van der Waals surface area contributed by atoms with Crippen LogP contribution in [0.4, 0.5) is 5.69 Å². The Kier molecular flexibility index (Phi) is 10.3. The highest BCUT2D eigenvalue weighted by Gasteiger charge is 2.33. The molecule has 0 heterocycles. The molecule has 7 nitrogen and oxygen atoms in total. The number of halogens is 1. The topological polar surface area (TPSA) is 86.8 Å². The molecule has 1 N–H and O–H groups in total. The van der Waals surface area contributed by atoms with Crippen LogP contribution in [0.15, 0.2) is 76.1 Å². The summed E-state index contributed by atoms with van der Waals surface area (Å²) in [5.74, 6) is -0.774. The molecule has 3 aromatic carbocycles. The van der Waals surface area contributed by atoms with Gasteiger partial charge in [-0.1, -0.05) is 70.4 Å². The van der Waals surface area contributed by atoms with Crippen LogP contribution < -0.4 is 9.62 Å². The molecule has 3 aromatic rings. The zero-order valence-electron chi connectivity index (χ0n) is 23.1. The molecule has 9 heteroatoms. The highest BCUT2D eigenvalue weighted by Crippen LogP contribution is 2.28. The first kappa shape index (κ1) is 30.4. The minimum Gasteiger partial charge on any atom is -0.354 e. The van der Waals surface area contributed by atoms with Crippen LogP contribution in [0.1, 0.15) is 42.5 Å². The summed E-state index contributed by atoms with van der Waals surface area (Å²) in [6.45, 7) is 9.42. The van der Waals surface area contributed by atoms with Crippen LogP contribution in [0.5, 0.6) is 0 Å². The van der Waals surface area contributed by atoms with Crippen molar-refractivity contribution < 1.29 is 18.0 Å². The van der Waals surface area contributed by atoms with Crippen molar-refractivity contribution in [3.63, 3.8) is 0 Å². The van der Waals surface area contributed by atoms with Crippen molar-refractivity contribution in [3.05, 3.63) is 93.5 Å². The van der Waals surface area contributed by atoms with E-state index in [0.717, 1.165) is 37.5 Å². The fourth-order valence-electron chi connectivity index (χ4n) is 4.25. The fourth-order valence-corrected chi connectivity index (χ4v) is 6.17. The number of nitrogens with one attached hydrogen (secondary N) is 1. The largest absolute Gasteiger partial charge is 0.354 e. The maximum atomic E-state index is 14.0. The van der Waals surface area contributed by atoms with E-state index in [-0.39, 0.29) is 17.3 Å². The van der Waals surface area contributed by atoms with Crippen LogP contribution >= 0.6 is 15.9 Å². The highest BCUT2D eigenvalue weighted by molar-refractivity contribution is 9.10. The normalized spacial score (nSPS) is 12.1. The number of rotatable bonds is 11. The minimum atomic E-state index is -4.10. The van der Waals surface area contributed by atoms with E-state index >= 15 is 0 Å². The molecule has 208 valence electrons. The lowest BCUT2D eigenvalue weighted by Crippen LogP contribution is -2.51. The summed E-state index contributed by atoms with van der Waals surface area (Å²) in [6, 6.07) is 18.7. The highest BCUT2D eigenvalue weighted by atomic mass is 79.9. The molecule has 0 aliphatic rings. The molecule has 0 fully saturated rings. The lowest BCUT2D eigenvalue weighted by Gasteiger charge is -2.32. The van der Waals surface area contributed by atoms with Crippen LogP contribution in [0.3, 0.4) is 0 Å². The summed E-state index contributed by atoms with van der Waals surface area (Å²) in [4.78, 5) is 28.5. The standard InChI is InChI=1S/C30H36BrN3O4S/c1-6-16-32-30(36)24(5)33(19-25-8-7-9-26(31)18-25)29(35)20-34(28-15-12-22(3)17-23(28)4)39(37,38)27-13-10-21(2)11-14-27/h7-15,17-18,24H,6,16,19-20H2,1-5H3,(H,32,36). The number of benzene rings is 3. The van der Waals surface area contributed by atoms with Gasteiger partial charge in [-0.05, 0) is 75.6 Å². The van der Waals surface area contributed by atoms with Gasteiger partial charge >= 0.3 is 0 Å². The number of anilines is 1. The molecule has 0 aromatic heterocycles. The molecular formula is C30H36BrN3O4S. The second kappa shape index (κ2) is 13.3. The van der Waals surface area contributed by atoms with E-state index in [1.807, 2.05) is 64.1 Å². The van der Waals surface area contributed by atoms with E-state index in [1.165, 1.54) is 4.90 Å². The van der Waals surface area contributed by atoms with E-state index < -0.39 is 28.5 Å². The molecule has 0 saturated heterocycles. The zero-order valence-corrected chi connectivity index (χ0v) is 25.5. The van der Waals surface area contributed by atoms with Crippen LogP contribution in [0, 0.1) is 20.8 Å². The summed E-state index contributed by atoms with van der Waals surface area (Å²) >= 11 is 3.46. The second-order valence-corrected chi connectivity index (χ2v) is 12.5. The molecule has 3 rings (SSSR count). The van der Waals surface area contributed by atoms with E-state index in [0.29, 0.717) is 12.2 Å². The van der Waals surface area contributed by atoms with Crippen LogP contribution in [0.2, 0.25) is 0 Å².